The lowest BCUT2D eigenvalue weighted by molar-refractivity contribution is 0.370. The lowest BCUT2D eigenvalue weighted by Gasteiger charge is -2.37. The summed E-state index contributed by atoms with van der Waals surface area (Å²) in [5.74, 6) is -0.000536. The second-order valence-corrected chi connectivity index (χ2v) is 5.82. The Hall–Kier alpha value is -1.91. The summed E-state index contributed by atoms with van der Waals surface area (Å²) in [5, 5.41) is 10.1. The maximum atomic E-state index is 13.9. The Morgan fingerprint density at radius 2 is 2.00 bits per heavy atom. The molecular weight excluding hydrogens is 453 g/mol. The molecule has 3 rings (SSSR count). The van der Waals surface area contributed by atoms with Crippen molar-refractivity contribution in [1.29, 1.82) is 0 Å². The van der Waals surface area contributed by atoms with Crippen molar-refractivity contribution in [1.82, 2.24) is 20.4 Å². The smallest absolute Gasteiger partial charge is 0.194 e. The van der Waals surface area contributed by atoms with Crippen LogP contribution in [0.1, 0.15) is 12.6 Å². The maximum Gasteiger partial charge on any atom is 0.194 e. The molecule has 2 heterocycles. The van der Waals surface area contributed by atoms with E-state index in [-0.39, 0.29) is 24.0 Å². The topological polar surface area (TPSA) is 59.6 Å². The predicted molar refractivity (Wildman–Crippen MR) is 109 cm³/mol. The van der Waals surface area contributed by atoms with E-state index in [1.807, 2.05) is 17.9 Å². The molecule has 1 aliphatic rings. The van der Waals surface area contributed by atoms with Gasteiger partial charge in [0.05, 0.1) is 17.9 Å². The molecule has 2 N–H and O–H groups in total. The van der Waals surface area contributed by atoms with E-state index in [0.29, 0.717) is 38.4 Å². The highest BCUT2D eigenvalue weighted by Crippen LogP contribution is 2.21. The second kappa shape index (κ2) is 9.70. The van der Waals surface area contributed by atoms with Crippen molar-refractivity contribution in [2.24, 2.45) is 4.99 Å². The van der Waals surface area contributed by atoms with Gasteiger partial charge in [0, 0.05) is 45.0 Å². The monoisotopic (exact) mass is 476 g/mol. The zero-order chi connectivity index (χ0) is 17.6. The second-order valence-electron chi connectivity index (χ2n) is 5.82. The van der Waals surface area contributed by atoms with Crippen LogP contribution in [-0.2, 0) is 6.54 Å². The number of nitrogens with zero attached hydrogens (tertiary/aromatic N) is 4. The van der Waals surface area contributed by atoms with Crippen molar-refractivity contribution in [2.45, 2.75) is 13.5 Å². The molecule has 1 saturated heterocycles. The molecule has 26 heavy (non-hydrogen) atoms. The summed E-state index contributed by atoms with van der Waals surface area (Å²) in [5.41, 5.74) is 1.26. The third-order valence-corrected chi connectivity index (χ3v) is 4.12. The van der Waals surface area contributed by atoms with E-state index in [2.05, 4.69) is 25.4 Å². The molecule has 1 aromatic carbocycles. The largest absolute Gasteiger partial charge is 0.366 e. The van der Waals surface area contributed by atoms with Gasteiger partial charge in [-0.2, -0.15) is 5.10 Å². The number of aromatic nitrogens is 2. The van der Waals surface area contributed by atoms with E-state index in [1.54, 1.807) is 6.20 Å². The number of rotatable bonds is 4. The van der Waals surface area contributed by atoms with Crippen molar-refractivity contribution in [2.75, 3.05) is 37.6 Å². The Morgan fingerprint density at radius 1 is 1.23 bits per heavy atom. The number of benzene rings is 1. The van der Waals surface area contributed by atoms with E-state index >= 15 is 0 Å². The van der Waals surface area contributed by atoms with E-state index < -0.39 is 11.6 Å². The van der Waals surface area contributed by atoms with Gasteiger partial charge in [-0.3, -0.25) is 5.10 Å². The van der Waals surface area contributed by atoms with E-state index in [9.17, 15) is 8.78 Å². The molecule has 1 fully saturated rings. The fourth-order valence-corrected chi connectivity index (χ4v) is 2.85. The molecule has 0 radical (unpaired) electrons. The Kier molecular flexibility index (Phi) is 7.61. The molecule has 0 spiro atoms. The molecule has 0 saturated carbocycles. The van der Waals surface area contributed by atoms with E-state index in [0.717, 1.165) is 24.3 Å². The highest BCUT2D eigenvalue weighted by Gasteiger charge is 2.22. The molecule has 1 aliphatic heterocycles. The van der Waals surface area contributed by atoms with Crippen LogP contribution in [0.25, 0.3) is 0 Å². The number of anilines is 1. The maximum absolute atomic E-state index is 13.9. The first-order chi connectivity index (χ1) is 12.2. The van der Waals surface area contributed by atoms with Gasteiger partial charge in [0.15, 0.2) is 5.96 Å². The van der Waals surface area contributed by atoms with Crippen LogP contribution in [0.5, 0.6) is 0 Å². The summed E-state index contributed by atoms with van der Waals surface area (Å²) in [4.78, 5) is 8.62. The van der Waals surface area contributed by atoms with Gasteiger partial charge in [0.25, 0.3) is 0 Å². The Morgan fingerprint density at radius 3 is 2.65 bits per heavy atom. The zero-order valence-electron chi connectivity index (χ0n) is 14.6. The number of halogens is 3. The number of guanidine groups is 1. The number of hydrogen-bond acceptors (Lipinski definition) is 3. The SMILES string of the molecule is CCNC(=NCc1ccn[nH]1)N1CCN(c2cc(F)ccc2F)CC1.I. The predicted octanol–water partition coefficient (Wildman–Crippen LogP) is 2.59. The zero-order valence-corrected chi connectivity index (χ0v) is 16.9. The fraction of sp³-hybridized carbons (Fsp3) is 0.412. The molecule has 0 aliphatic carbocycles. The van der Waals surface area contributed by atoms with Gasteiger partial charge in [-0.15, -0.1) is 24.0 Å². The van der Waals surface area contributed by atoms with Gasteiger partial charge in [-0.05, 0) is 25.1 Å². The molecule has 1 aromatic heterocycles. The first kappa shape index (κ1) is 20.4. The number of aliphatic imine (C=N–C) groups is 1. The van der Waals surface area contributed by atoms with Gasteiger partial charge in [0.2, 0.25) is 0 Å². The average Bonchev–Trinajstić information content (AvgIpc) is 3.14. The number of piperazine rings is 1. The van der Waals surface area contributed by atoms with Gasteiger partial charge in [-0.25, -0.2) is 13.8 Å². The lowest BCUT2D eigenvalue weighted by Crippen LogP contribution is -2.52. The Balaban J connectivity index is 0.00000243. The molecular formula is C17H23F2IN6. The molecule has 6 nitrogen and oxygen atoms in total. The van der Waals surface area contributed by atoms with Crippen LogP contribution in [0.15, 0.2) is 35.5 Å². The van der Waals surface area contributed by atoms with Crippen molar-refractivity contribution in [3.8, 4) is 0 Å². The van der Waals surface area contributed by atoms with Crippen LogP contribution in [-0.4, -0.2) is 53.8 Å². The Labute approximate surface area is 168 Å². The molecule has 0 amide bonds. The third-order valence-electron chi connectivity index (χ3n) is 4.12. The van der Waals surface area contributed by atoms with Crippen LogP contribution >= 0.6 is 24.0 Å². The number of H-pyrrole nitrogens is 1. The highest BCUT2D eigenvalue weighted by atomic mass is 127. The van der Waals surface area contributed by atoms with Crippen LogP contribution in [0.2, 0.25) is 0 Å². The van der Waals surface area contributed by atoms with Gasteiger partial charge < -0.3 is 15.1 Å². The first-order valence-electron chi connectivity index (χ1n) is 8.39. The quantitative estimate of drug-likeness (QED) is 0.405. The lowest BCUT2D eigenvalue weighted by atomic mass is 10.2. The Bertz CT molecular complexity index is 714. The number of hydrogen-bond donors (Lipinski definition) is 2. The summed E-state index contributed by atoms with van der Waals surface area (Å²) < 4.78 is 27.3. The summed E-state index contributed by atoms with van der Waals surface area (Å²) >= 11 is 0. The van der Waals surface area contributed by atoms with Crippen LogP contribution < -0.4 is 10.2 Å². The number of aromatic amines is 1. The van der Waals surface area contributed by atoms with Crippen molar-refractivity contribution in [3.05, 3.63) is 47.8 Å². The summed E-state index contributed by atoms with van der Waals surface area (Å²) in [7, 11) is 0. The van der Waals surface area contributed by atoms with Crippen molar-refractivity contribution < 1.29 is 8.78 Å². The molecule has 2 aromatic rings. The molecule has 9 heteroatoms. The highest BCUT2D eigenvalue weighted by molar-refractivity contribution is 14.0. The minimum atomic E-state index is -0.423. The first-order valence-corrected chi connectivity index (χ1v) is 8.39. The molecule has 0 bridgehead atoms. The molecule has 0 unspecified atom stereocenters. The van der Waals surface area contributed by atoms with Crippen molar-refractivity contribution >= 4 is 35.6 Å². The van der Waals surface area contributed by atoms with Crippen molar-refractivity contribution in [3.63, 3.8) is 0 Å². The summed E-state index contributed by atoms with van der Waals surface area (Å²) in [6, 6.07) is 5.45. The van der Waals surface area contributed by atoms with E-state index in [1.165, 1.54) is 12.1 Å². The van der Waals surface area contributed by atoms with Gasteiger partial charge in [0.1, 0.15) is 11.6 Å². The minimum Gasteiger partial charge on any atom is -0.366 e. The molecule has 142 valence electrons. The van der Waals surface area contributed by atoms with E-state index in [4.69, 9.17) is 0 Å². The van der Waals surface area contributed by atoms with Crippen LogP contribution in [0.4, 0.5) is 14.5 Å². The normalized spacial score (nSPS) is 15.0. The minimum absolute atomic E-state index is 0. The summed E-state index contributed by atoms with van der Waals surface area (Å²) in [6.45, 7) is 5.88. The number of nitrogens with one attached hydrogen (secondary N) is 2. The van der Waals surface area contributed by atoms with Crippen LogP contribution in [0.3, 0.4) is 0 Å². The third kappa shape index (κ3) is 5.05. The fourth-order valence-electron chi connectivity index (χ4n) is 2.85. The molecule has 0 atom stereocenters. The summed E-state index contributed by atoms with van der Waals surface area (Å²) in [6.07, 6.45) is 1.70. The standard InChI is InChI=1S/C17H22F2N6.HI/c1-2-20-17(21-12-14-5-6-22-23-14)25-9-7-24(8-10-25)16-11-13(18)3-4-15(16)19;/h3-6,11H,2,7-10,12H2,1H3,(H,20,21)(H,22,23);1H. The average molecular weight is 476 g/mol. The van der Waals surface area contributed by atoms with Gasteiger partial charge >= 0.3 is 0 Å². The van der Waals surface area contributed by atoms with Gasteiger partial charge in [-0.1, -0.05) is 0 Å². The van der Waals surface area contributed by atoms with Crippen LogP contribution in [0, 0.1) is 11.6 Å².